The zero-order valence-electron chi connectivity index (χ0n) is 17.3. The largest absolute Gasteiger partial charge is 0.471 e. The van der Waals surface area contributed by atoms with Crippen LogP contribution in [-0.4, -0.2) is 52.0 Å². The van der Waals surface area contributed by atoms with Gasteiger partial charge in [-0.2, -0.15) is 0 Å². The third kappa shape index (κ3) is 4.29. The molecule has 3 aliphatic heterocycles. The van der Waals surface area contributed by atoms with Crippen molar-refractivity contribution >= 4 is 11.9 Å². The molecule has 0 aromatic rings. The summed E-state index contributed by atoms with van der Waals surface area (Å²) < 4.78 is 32.8. The van der Waals surface area contributed by atoms with Crippen LogP contribution in [0.1, 0.15) is 12.8 Å². The lowest BCUT2D eigenvalue weighted by atomic mass is 9.81. The maximum atomic E-state index is 12.8. The van der Waals surface area contributed by atoms with Crippen LogP contribution in [0.4, 0.5) is 0 Å². The standard InChI is InChI=1S/C22H28O8/c1-5-13-15-7-9-27-20(24)18-12-30-22(26-4)14(6-2)16(18)8-10-28-19(23)17(15)11-29-21(13)25-3/h5-6,11-16,21-22H,1-2,7-10H2,3-4H3/t13-,14-,15+,16+,21-,22-/m1/s1. The maximum absolute atomic E-state index is 12.8. The van der Waals surface area contributed by atoms with Crippen LogP contribution < -0.4 is 0 Å². The van der Waals surface area contributed by atoms with Gasteiger partial charge in [0.2, 0.25) is 12.6 Å². The predicted molar refractivity (Wildman–Crippen MR) is 105 cm³/mol. The van der Waals surface area contributed by atoms with E-state index in [4.69, 9.17) is 28.4 Å². The number of hydrogen-bond acceptors (Lipinski definition) is 8. The molecule has 0 bridgehead atoms. The highest BCUT2D eigenvalue weighted by Crippen LogP contribution is 2.38. The topological polar surface area (TPSA) is 89.5 Å². The van der Waals surface area contributed by atoms with Gasteiger partial charge < -0.3 is 28.4 Å². The van der Waals surface area contributed by atoms with E-state index in [1.54, 1.807) is 12.2 Å². The highest BCUT2D eigenvalue weighted by molar-refractivity contribution is 5.90. The minimum atomic E-state index is -0.578. The van der Waals surface area contributed by atoms with Crippen molar-refractivity contribution in [1.29, 1.82) is 0 Å². The van der Waals surface area contributed by atoms with Crippen LogP contribution in [0.5, 0.6) is 0 Å². The number of esters is 2. The van der Waals surface area contributed by atoms with Gasteiger partial charge in [-0.05, 0) is 12.8 Å². The molecular weight excluding hydrogens is 392 g/mol. The molecule has 1 saturated heterocycles. The minimum absolute atomic E-state index is 0.103. The summed E-state index contributed by atoms with van der Waals surface area (Å²) in [6.45, 7) is 7.88. The molecule has 8 nitrogen and oxygen atoms in total. The number of ether oxygens (including phenoxy) is 6. The lowest BCUT2D eigenvalue weighted by Crippen LogP contribution is -2.39. The van der Waals surface area contributed by atoms with E-state index < -0.39 is 24.5 Å². The zero-order chi connectivity index (χ0) is 21.7. The Balaban J connectivity index is 1.86. The van der Waals surface area contributed by atoms with Crippen LogP contribution in [0.3, 0.4) is 0 Å². The van der Waals surface area contributed by atoms with E-state index >= 15 is 0 Å². The first-order chi connectivity index (χ1) is 14.5. The fourth-order valence-corrected chi connectivity index (χ4v) is 4.23. The van der Waals surface area contributed by atoms with Gasteiger partial charge in [0.1, 0.15) is 0 Å². The van der Waals surface area contributed by atoms with Crippen molar-refractivity contribution in [3.63, 3.8) is 0 Å². The fraction of sp³-hybridized carbons (Fsp3) is 0.545. The molecule has 0 saturated carbocycles. The highest BCUT2D eigenvalue weighted by Gasteiger charge is 2.41. The molecule has 0 aliphatic carbocycles. The van der Waals surface area contributed by atoms with Crippen LogP contribution in [0.25, 0.3) is 0 Å². The first kappa shape index (κ1) is 22.1. The molecule has 0 aromatic carbocycles. The molecule has 3 aliphatic rings. The first-order valence-corrected chi connectivity index (χ1v) is 9.91. The number of methoxy groups -OCH3 is 2. The molecule has 0 aromatic heterocycles. The summed E-state index contributed by atoms with van der Waals surface area (Å²) in [5.41, 5.74) is 0.755. The van der Waals surface area contributed by atoms with Crippen molar-refractivity contribution in [1.82, 2.24) is 0 Å². The average Bonchev–Trinajstić information content (AvgIpc) is 2.76. The lowest BCUT2D eigenvalue weighted by molar-refractivity contribution is -0.155. The van der Waals surface area contributed by atoms with Crippen molar-refractivity contribution in [3.05, 3.63) is 49.0 Å². The van der Waals surface area contributed by atoms with Crippen LogP contribution in [-0.2, 0) is 38.0 Å². The van der Waals surface area contributed by atoms with E-state index in [1.165, 1.54) is 26.7 Å². The van der Waals surface area contributed by atoms with Crippen LogP contribution in [0.2, 0.25) is 0 Å². The second-order valence-electron chi connectivity index (χ2n) is 7.32. The van der Waals surface area contributed by atoms with Gasteiger partial charge in [0, 0.05) is 37.9 Å². The van der Waals surface area contributed by atoms with Crippen molar-refractivity contribution in [3.8, 4) is 0 Å². The number of hydrogen-bond donors (Lipinski definition) is 0. The molecule has 0 unspecified atom stereocenters. The second kappa shape index (κ2) is 9.95. The normalized spacial score (nSPS) is 34.6. The lowest BCUT2D eigenvalue weighted by Gasteiger charge is -2.36. The summed E-state index contributed by atoms with van der Waals surface area (Å²) in [4.78, 5) is 25.6. The number of carbonyl (C=O) groups excluding carboxylic acids is 2. The smallest absolute Gasteiger partial charge is 0.337 e. The van der Waals surface area contributed by atoms with E-state index in [-0.39, 0.29) is 36.9 Å². The average molecular weight is 420 g/mol. The first-order valence-electron chi connectivity index (χ1n) is 9.91. The number of cyclic esters (lactones) is 2. The van der Waals surface area contributed by atoms with Crippen molar-refractivity contribution in [2.45, 2.75) is 25.4 Å². The summed E-state index contributed by atoms with van der Waals surface area (Å²) in [6, 6.07) is 0. The molecule has 0 spiro atoms. The Morgan fingerprint density at radius 3 is 1.57 bits per heavy atom. The molecule has 164 valence electrons. The second-order valence-corrected chi connectivity index (χ2v) is 7.32. The van der Waals surface area contributed by atoms with Crippen LogP contribution in [0.15, 0.2) is 49.0 Å². The van der Waals surface area contributed by atoms with Gasteiger partial charge >= 0.3 is 11.9 Å². The molecule has 6 atom stereocenters. The van der Waals surface area contributed by atoms with Gasteiger partial charge in [-0.3, -0.25) is 0 Å². The number of fused-ring (bicyclic) bond motifs is 2. The van der Waals surface area contributed by atoms with Gasteiger partial charge in [0.05, 0.1) is 36.9 Å². The molecule has 1 fully saturated rings. The van der Waals surface area contributed by atoms with Crippen LogP contribution in [0, 0.1) is 23.7 Å². The Bertz CT molecular complexity index is 677. The number of carbonyl (C=O) groups is 2. The molecule has 3 heterocycles. The van der Waals surface area contributed by atoms with Crippen molar-refractivity contribution in [2.24, 2.45) is 23.7 Å². The van der Waals surface area contributed by atoms with E-state index in [2.05, 4.69) is 13.2 Å². The number of rotatable bonds is 4. The minimum Gasteiger partial charge on any atom is -0.471 e. The molecule has 0 radical (unpaired) electrons. The Morgan fingerprint density at radius 1 is 0.833 bits per heavy atom. The summed E-state index contributed by atoms with van der Waals surface area (Å²) in [6.07, 6.45) is 5.73. The van der Waals surface area contributed by atoms with Gasteiger partial charge in [0.15, 0.2) is 0 Å². The fourth-order valence-electron chi connectivity index (χ4n) is 4.23. The van der Waals surface area contributed by atoms with Crippen molar-refractivity contribution in [2.75, 3.05) is 27.4 Å². The van der Waals surface area contributed by atoms with Gasteiger partial charge in [0.25, 0.3) is 0 Å². The zero-order valence-corrected chi connectivity index (χ0v) is 17.3. The van der Waals surface area contributed by atoms with Crippen LogP contribution >= 0.6 is 0 Å². The quantitative estimate of drug-likeness (QED) is 0.506. The SMILES string of the molecule is C=C[C@H]1[C@H](OC)OC=C2C(=O)OCC[C@@H]3C(=CO[C@@H](OC)[C@@H]3C=C)C(=O)OCC[C@H]21. The Kier molecular flexibility index (Phi) is 7.33. The monoisotopic (exact) mass is 420 g/mol. The van der Waals surface area contributed by atoms with E-state index in [0.29, 0.717) is 24.0 Å². The highest BCUT2D eigenvalue weighted by atomic mass is 16.7. The van der Waals surface area contributed by atoms with Gasteiger partial charge in [-0.1, -0.05) is 12.2 Å². The Hall–Kier alpha value is -2.58. The Labute approximate surface area is 176 Å². The summed E-state index contributed by atoms with van der Waals surface area (Å²) >= 11 is 0. The predicted octanol–water partition coefficient (Wildman–Crippen LogP) is 2.48. The molecule has 30 heavy (non-hydrogen) atoms. The summed E-state index contributed by atoms with van der Waals surface area (Å²) in [5, 5.41) is 0. The molecule has 0 amide bonds. The molecule has 3 rings (SSSR count). The van der Waals surface area contributed by atoms with E-state index in [1.807, 2.05) is 0 Å². The Morgan fingerprint density at radius 2 is 1.23 bits per heavy atom. The third-order valence-electron chi connectivity index (χ3n) is 5.82. The maximum Gasteiger partial charge on any atom is 0.337 e. The van der Waals surface area contributed by atoms with Gasteiger partial charge in [-0.25, -0.2) is 9.59 Å². The summed E-state index contributed by atoms with van der Waals surface area (Å²) in [7, 11) is 3.04. The van der Waals surface area contributed by atoms with Crippen molar-refractivity contribution < 1.29 is 38.0 Å². The molecule has 0 N–H and O–H groups in total. The van der Waals surface area contributed by atoms with E-state index in [9.17, 15) is 9.59 Å². The van der Waals surface area contributed by atoms with Gasteiger partial charge in [-0.15, -0.1) is 13.2 Å². The third-order valence-corrected chi connectivity index (χ3v) is 5.82. The summed E-state index contributed by atoms with van der Waals surface area (Å²) in [5.74, 6) is -2.14. The molecular formula is C22H28O8. The van der Waals surface area contributed by atoms with E-state index in [0.717, 1.165) is 0 Å². The molecule has 8 heteroatoms.